The highest BCUT2D eigenvalue weighted by atomic mass is 16.3. The number of nitrogens with zero attached hydrogens (tertiary/aromatic N) is 1. The van der Waals surface area contributed by atoms with Crippen molar-refractivity contribution in [3.8, 4) is 5.75 Å². The molecule has 1 unspecified atom stereocenters. The van der Waals surface area contributed by atoms with Gasteiger partial charge in [-0.3, -0.25) is 9.69 Å². The number of nitrogens with one attached hydrogen (secondary N) is 1. The summed E-state index contributed by atoms with van der Waals surface area (Å²) in [5, 5.41) is 13.3. The number of amides is 1. The Morgan fingerprint density at radius 2 is 1.86 bits per heavy atom. The molecule has 0 aromatic heterocycles. The molecule has 0 saturated heterocycles. The van der Waals surface area contributed by atoms with Crippen LogP contribution in [0.1, 0.15) is 54.6 Å². The van der Waals surface area contributed by atoms with Crippen molar-refractivity contribution in [2.45, 2.75) is 54.0 Å². The van der Waals surface area contributed by atoms with Crippen molar-refractivity contribution in [3.63, 3.8) is 0 Å². The third-order valence-electron chi connectivity index (χ3n) is 5.62. The van der Waals surface area contributed by atoms with Crippen LogP contribution in [0.5, 0.6) is 5.75 Å². The van der Waals surface area contributed by atoms with Gasteiger partial charge in [-0.1, -0.05) is 45.0 Å². The summed E-state index contributed by atoms with van der Waals surface area (Å²) in [5.74, 6) is 0.289. The molecule has 0 aliphatic carbocycles. The molecule has 1 aliphatic rings. The fourth-order valence-corrected chi connectivity index (χ4v) is 4.10. The van der Waals surface area contributed by atoms with Crippen LogP contribution < -0.4 is 5.32 Å². The van der Waals surface area contributed by atoms with Crippen molar-refractivity contribution in [2.75, 3.05) is 18.4 Å². The van der Waals surface area contributed by atoms with Crippen molar-refractivity contribution >= 4 is 11.6 Å². The molecule has 0 saturated carbocycles. The lowest BCUT2D eigenvalue weighted by molar-refractivity contribution is -0.122. The Bertz CT molecular complexity index is 896. The van der Waals surface area contributed by atoms with Crippen LogP contribution in [0.15, 0.2) is 30.3 Å². The molecule has 2 aromatic carbocycles. The number of carbonyl (C=O) groups excluding carboxylic acids is 1. The quantitative estimate of drug-likeness (QED) is 0.745. The van der Waals surface area contributed by atoms with Crippen LogP contribution in [0, 0.1) is 26.2 Å². The zero-order valence-corrected chi connectivity index (χ0v) is 17.9. The van der Waals surface area contributed by atoms with Crippen LogP contribution in [0.2, 0.25) is 0 Å². The highest BCUT2D eigenvalue weighted by Crippen LogP contribution is 2.35. The zero-order valence-electron chi connectivity index (χ0n) is 17.9. The molecule has 3 rings (SSSR count). The first-order valence-electron chi connectivity index (χ1n) is 10.0. The Morgan fingerprint density at radius 1 is 1.18 bits per heavy atom. The summed E-state index contributed by atoms with van der Waals surface area (Å²) < 4.78 is 0. The largest absolute Gasteiger partial charge is 0.507 e. The average molecular weight is 381 g/mol. The maximum Gasteiger partial charge on any atom is 0.246 e. The Balaban J connectivity index is 1.97. The van der Waals surface area contributed by atoms with Gasteiger partial charge in [-0.2, -0.15) is 0 Å². The number of hydrogen-bond acceptors (Lipinski definition) is 3. The molecule has 0 radical (unpaired) electrons. The molecule has 1 atom stereocenters. The fraction of sp³-hybridized carbons (Fsp3) is 0.458. The minimum absolute atomic E-state index is 0.0102. The number of hydrogen-bond donors (Lipinski definition) is 2. The summed E-state index contributed by atoms with van der Waals surface area (Å²) in [7, 11) is 0. The van der Waals surface area contributed by atoms with Crippen molar-refractivity contribution in [2.24, 2.45) is 5.41 Å². The minimum Gasteiger partial charge on any atom is -0.507 e. The van der Waals surface area contributed by atoms with Gasteiger partial charge in [0.2, 0.25) is 5.91 Å². The number of carbonyl (C=O) groups is 1. The number of aromatic hydroxyl groups is 1. The second kappa shape index (κ2) is 7.59. The van der Waals surface area contributed by atoms with Crippen LogP contribution >= 0.6 is 0 Å². The van der Waals surface area contributed by atoms with Gasteiger partial charge in [0.1, 0.15) is 11.8 Å². The van der Waals surface area contributed by atoms with Crippen molar-refractivity contribution in [3.05, 3.63) is 58.1 Å². The molecule has 28 heavy (non-hydrogen) atoms. The highest BCUT2D eigenvalue weighted by molar-refractivity contribution is 5.97. The standard InChI is InChI=1S/C24H32N2O2/c1-15-13-20(16(2)17(3)22(15)27)25-23(28)21-19-10-8-7-9-18(19)11-12-26(21)14-24(4,5)6/h7-10,13,21,27H,11-12,14H2,1-6H3,(H,25,28). The number of phenolic OH excluding ortho intramolecular Hbond substituents is 1. The molecule has 1 heterocycles. The van der Waals surface area contributed by atoms with Gasteiger partial charge in [0.15, 0.2) is 0 Å². The number of phenols is 1. The van der Waals surface area contributed by atoms with E-state index >= 15 is 0 Å². The predicted octanol–water partition coefficient (Wildman–Crippen LogP) is 4.90. The second-order valence-electron chi connectivity index (χ2n) is 9.21. The fourth-order valence-electron chi connectivity index (χ4n) is 4.10. The van der Waals surface area contributed by atoms with Crippen LogP contribution in [0.4, 0.5) is 5.69 Å². The van der Waals surface area contributed by atoms with E-state index in [1.165, 1.54) is 5.56 Å². The second-order valence-corrected chi connectivity index (χ2v) is 9.21. The third kappa shape index (κ3) is 4.07. The summed E-state index contributed by atoms with van der Waals surface area (Å²) in [6.45, 7) is 14.0. The van der Waals surface area contributed by atoms with Gasteiger partial charge in [-0.25, -0.2) is 0 Å². The van der Waals surface area contributed by atoms with E-state index in [0.717, 1.165) is 47.5 Å². The molecule has 0 fully saturated rings. The molecule has 150 valence electrons. The lowest BCUT2D eigenvalue weighted by atomic mass is 9.88. The van der Waals surface area contributed by atoms with Gasteiger partial charge in [0, 0.05) is 18.8 Å². The summed E-state index contributed by atoms with van der Waals surface area (Å²) >= 11 is 0. The van der Waals surface area contributed by atoms with E-state index in [1.54, 1.807) is 0 Å². The predicted molar refractivity (Wildman–Crippen MR) is 115 cm³/mol. The molecule has 4 heteroatoms. The Labute approximate surface area is 168 Å². The lowest BCUT2D eigenvalue weighted by Crippen LogP contribution is -2.45. The lowest BCUT2D eigenvalue weighted by Gasteiger charge is -2.39. The number of fused-ring (bicyclic) bond motifs is 1. The van der Waals surface area contributed by atoms with E-state index in [2.05, 4.69) is 43.1 Å². The minimum atomic E-state index is -0.307. The number of rotatable bonds is 3. The van der Waals surface area contributed by atoms with Crippen LogP contribution in [0.25, 0.3) is 0 Å². The normalized spacial score (nSPS) is 17.3. The maximum atomic E-state index is 13.5. The topological polar surface area (TPSA) is 52.6 Å². The molecular formula is C24H32N2O2. The summed E-state index contributed by atoms with van der Waals surface area (Å²) in [6.07, 6.45) is 0.965. The van der Waals surface area contributed by atoms with E-state index in [0.29, 0.717) is 5.75 Å². The Kier molecular flexibility index (Phi) is 5.53. The Hall–Kier alpha value is -2.33. The monoisotopic (exact) mass is 380 g/mol. The highest BCUT2D eigenvalue weighted by Gasteiger charge is 2.35. The third-order valence-corrected chi connectivity index (χ3v) is 5.62. The first-order valence-corrected chi connectivity index (χ1v) is 10.0. The molecule has 0 spiro atoms. The van der Waals surface area contributed by atoms with E-state index in [9.17, 15) is 9.90 Å². The first kappa shape index (κ1) is 20.4. The molecule has 2 aromatic rings. The van der Waals surface area contributed by atoms with Gasteiger partial charge in [-0.15, -0.1) is 0 Å². The Morgan fingerprint density at radius 3 is 2.54 bits per heavy atom. The summed E-state index contributed by atoms with van der Waals surface area (Å²) in [6, 6.07) is 9.82. The molecular weight excluding hydrogens is 348 g/mol. The molecule has 1 aliphatic heterocycles. The first-order chi connectivity index (χ1) is 13.1. The van der Waals surface area contributed by atoms with Gasteiger partial charge in [0.05, 0.1) is 0 Å². The molecule has 1 amide bonds. The number of aryl methyl sites for hydroxylation is 1. The molecule has 0 bridgehead atoms. The van der Waals surface area contributed by atoms with Crippen LogP contribution in [-0.4, -0.2) is 29.0 Å². The van der Waals surface area contributed by atoms with Gasteiger partial charge in [0.25, 0.3) is 0 Å². The van der Waals surface area contributed by atoms with E-state index in [4.69, 9.17) is 0 Å². The van der Waals surface area contributed by atoms with Gasteiger partial charge >= 0.3 is 0 Å². The smallest absolute Gasteiger partial charge is 0.246 e. The summed E-state index contributed by atoms with van der Waals surface area (Å²) in [5.41, 5.74) is 5.72. The molecule has 4 nitrogen and oxygen atoms in total. The number of benzene rings is 2. The van der Waals surface area contributed by atoms with Gasteiger partial charge < -0.3 is 10.4 Å². The van der Waals surface area contributed by atoms with Crippen molar-refractivity contribution in [1.29, 1.82) is 0 Å². The van der Waals surface area contributed by atoms with Crippen molar-refractivity contribution < 1.29 is 9.90 Å². The number of anilines is 1. The SMILES string of the molecule is Cc1cc(NC(=O)C2c3ccccc3CCN2CC(C)(C)C)c(C)c(C)c1O. The van der Waals surface area contributed by atoms with Gasteiger partial charge in [-0.05, 0) is 66.5 Å². The molecule has 2 N–H and O–H groups in total. The summed E-state index contributed by atoms with van der Waals surface area (Å²) in [4.78, 5) is 15.8. The zero-order chi connectivity index (χ0) is 20.6. The van der Waals surface area contributed by atoms with E-state index < -0.39 is 0 Å². The van der Waals surface area contributed by atoms with Crippen LogP contribution in [0.3, 0.4) is 0 Å². The van der Waals surface area contributed by atoms with Crippen LogP contribution in [-0.2, 0) is 11.2 Å². The van der Waals surface area contributed by atoms with E-state index in [1.807, 2.05) is 39.0 Å². The maximum absolute atomic E-state index is 13.5. The average Bonchev–Trinajstić information content (AvgIpc) is 2.62. The van der Waals surface area contributed by atoms with Crippen molar-refractivity contribution in [1.82, 2.24) is 4.90 Å². The van der Waals surface area contributed by atoms with E-state index in [-0.39, 0.29) is 17.4 Å².